The van der Waals surface area contributed by atoms with Crippen molar-refractivity contribution in [2.45, 2.75) is 23.0 Å². The van der Waals surface area contributed by atoms with Gasteiger partial charge in [-0.2, -0.15) is 5.26 Å². The van der Waals surface area contributed by atoms with Crippen molar-refractivity contribution >= 4 is 28.9 Å². The van der Waals surface area contributed by atoms with Gasteiger partial charge in [0.15, 0.2) is 5.78 Å². The minimum absolute atomic E-state index is 0.183. The lowest BCUT2D eigenvalue weighted by Crippen LogP contribution is -2.18. The van der Waals surface area contributed by atoms with Gasteiger partial charge in [-0.3, -0.25) is 4.79 Å². The molecule has 0 unspecified atom stereocenters. The predicted molar refractivity (Wildman–Crippen MR) is 82.6 cm³/mol. The van der Waals surface area contributed by atoms with Crippen LogP contribution in [0.4, 0.5) is 0 Å². The first-order chi connectivity index (χ1) is 9.74. The highest BCUT2D eigenvalue weighted by Gasteiger charge is 2.32. The number of thioether (sulfide) groups is 1. The average molecular weight is 299 g/mol. The Kier molecular flexibility index (Phi) is 3.64. The summed E-state index contributed by atoms with van der Waals surface area (Å²) >= 11 is 3.02. The third-order valence-electron chi connectivity index (χ3n) is 3.69. The number of nitrogens with zero attached hydrogens (tertiary/aromatic N) is 1. The van der Waals surface area contributed by atoms with E-state index in [1.165, 1.54) is 16.9 Å². The predicted octanol–water partition coefficient (Wildman–Crippen LogP) is 4.25. The molecule has 100 valence electrons. The quantitative estimate of drug-likeness (QED) is 0.778. The zero-order valence-electron chi connectivity index (χ0n) is 11.1. The summed E-state index contributed by atoms with van der Waals surface area (Å²) in [5.41, 5.74) is 2.96. The van der Waals surface area contributed by atoms with Gasteiger partial charge in [0.25, 0.3) is 0 Å². The number of ketones is 1. The van der Waals surface area contributed by atoms with Gasteiger partial charge in [-0.1, -0.05) is 30.3 Å². The summed E-state index contributed by atoms with van der Waals surface area (Å²) in [4.78, 5) is 13.2. The summed E-state index contributed by atoms with van der Waals surface area (Å²) in [5, 5.41) is 9.29. The summed E-state index contributed by atoms with van der Waals surface area (Å²) in [5.74, 6) is 0.384. The first-order valence-corrected chi connectivity index (χ1v) is 8.46. The molecule has 0 N–H and O–H groups in total. The molecule has 0 amide bonds. The number of thiophene rings is 1. The molecule has 0 saturated heterocycles. The number of hydrogen-bond acceptors (Lipinski definition) is 4. The lowest BCUT2D eigenvalue weighted by molar-refractivity contribution is 0.0962. The summed E-state index contributed by atoms with van der Waals surface area (Å²) in [6, 6.07) is 12.4. The Bertz CT molecular complexity index is 697. The molecular formula is C16H13NOS2. The van der Waals surface area contributed by atoms with Crippen LogP contribution in [0.3, 0.4) is 0 Å². The van der Waals surface area contributed by atoms with Crippen LogP contribution in [0.2, 0.25) is 0 Å². The first-order valence-electron chi connectivity index (χ1n) is 6.42. The van der Waals surface area contributed by atoms with E-state index in [0.717, 1.165) is 21.8 Å². The molecule has 3 rings (SSSR count). The molecule has 4 heteroatoms. The zero-order chi connectivity index (χ0) is 14.1. The van der Waals surface area contributed by atoms with Crippen molar-refractivity contribution < 1.29 is 4.79 Å². The SMILES string of the molecule is CSc1sc(C#N)c2c1C(=O)C[C@@H](c1ccccc1)C2. The van der Waals surface area contributed by atoms with Crippen LogP contribution in [0.15, 0.2) is 34.5 Å². The largest absolute Gasteiger partial charge is 0.294 e. The summed E-state index contributed by atoms with van der Waals surface area (Å²) in [6.07, 6.45) is 3.31. The van der Waals surface area contributed by atoms with E-state index in [-0.39, 0.29) is 11.7 Å². The van der Waals surface area contributed by atoms with Crippen molar-refractivity contribution in [3.63, 3.8) is 0 Å². The Balaban J connectivity index is 2.05. The number of carbonyl (C=O) groups excluding carboxylic acids is 1. The van der Waals surface area contributed by atoms with Crippen LogP contribution in [0, 0.1) is 11.3 Å². The van der Waals surface area contributed by atoms with Crippen LogP contribution in [0.1, 0.15) is 38.7 Å². The molecule has 1 atom stereocenters. The minimum atomic E-state index is 0.183. The topological polar surface area (TPSA) is 40.9 Å². The number of fused-ring (bicyclic) bond motifs is 1. The van der Waals surface area contributed by atoms with Gasteiger partial charge in [0.1, 0.15) is 10.9 Å². The normalized spacial score (nSPS) is 17.6. The molecular weight excluding hydrogens is 286 g/mol. The van der Waals surface area contributed by atoms with Gasteiger partial charge in [0, 0.05) is 12.0 Å². The Morgan fingerprint density at radius 1 is 1.30 bits per heavy atom. The standard InChI is InChI=1S/C16H13NOS2/c1-19-16-15-12(14(9-17)20-16)7-11(8-13(15)18)10-5-3-2-4-6-10/h2-6,11H,7-8H2,1H3/t11-/m0/s1. The van der Waals surface area contributed by atoms with E-state index in [4.69, 9.17) is 0 Å². The van der Waals surface area contributed by atoms with Gasteiger partial charge in [-0.05, 0) is 29.7 Å². The minimum Gasteiger partial charge on any atom is -0.294 e. The molecule has 1 heterocycles. The van der Waals surface area contributed by atoms with Crippen LogP contribution in [-0.4, -0.2) is 12.0 Å². The Morgan fingerprint density at radius 2 is 2.05 bits per heavy atom. The van der Waals surface area contributed by atoms with E-state index in [2.05, 4.69) is 18.2 Å². The molecule has 0 saturated carbocycles. The van der Waals surface area contributed by atoms with Gasteiger partial charge >= 0.3 is 0 Å². The molecule has 20 heavy (non-hydrogen) atoms. The van der Waals surface area contributed by atoms with E-state index in [1.807, 2.05) is 24.5 Å². The number of carbonyl (C=O) groups is 1. The number of Topliss-reactive ketones (excluding diaryl/α,β-unsaturated/α-hetero) is 1. The van der Waals surface area contributed by atoms with Gasteiger partial charge in [-0.15, -0.1) is 23.1 Å². The van der Waals surface area contributed by atoms with Crippen LogP contribution in [0.5, 0.6) is 0 Å². The van der Waals surface area contributed by atoms with E-state index in [1.54, 1.807) is 11.8 Å². The van der Waals surface area contributed by atoms with Crippen molar-refractivity contribution in [1.82, 2.24) is 0 Å². The van der Waals surface area contributed by atoms with Gasteiger partial charge < -0.3 is 0 Å². The molecule has 0 bridgehead atoms. The summed E-state index contributed by atoms with van der Waals surface area (Å²) in [7, 11) is 0. The molecule has 0 spiro atoms. The number of hydrogen-bond donors (Lipinski definition) is 0. The molecule has 2 nitrogen and oxygen atoms in total. The lowest BCUT2D eigenvalue weighted by atomic mass is 9.80. The number of benzene rings is 1. The summed E-state index contributed by atoms with van der Waals surface area (Å²) in [6.45, 7) is 0. The highest BCUT2D eigenvalue weighted by Crippen LogP contribution is 2.42. The third kappa shape index (κ3) is 2.17. The van der Waals surface area contributed by atoms with Crippen LogP contribution in [-0.2, 0) is 6.42 Å². The van der Waals surface area contributed by atoms with Gasteiger partial charge in [0.2, 0.25) is 0 Å². The van der Waals surface area contributed by atoms with Crippen LogP contribution >= 0.6 is 23.1 Å². The maximum Gasteiger partial charge on any atom is 0.165 e. The van der Waals surface area contributed by atoms with Crippen molar-refractivity contribution in [3.05, 3.63) is 51.9 Å². The zero-order valence-corrected chi connectivity index (χ0v) is 12.7. The smallest absolute Gasteiger partial charge is 0.165 e. The molecule has 2 aromatic rings. The second kappa shape index (κ2) is 5.43. The van der Waals surface area contributed by atoms with Gasteiger partial charge in [-0.25, -0.2) is 0 Å². The molecule has 1 aromatic heterocycles. The van der Waals surface area contributed by atoms with Crippen LogP contribution in [0.25, 0.3) is 0 Å². The first kappa shape index (κ1) is 13.4. The Morgan fingerprint density at radius 3 is 2.70 bits per heavy atom. The second-order valence-electron chi connectivity index (χ2n) is 4.83. The van der Waals surface area contributed by atoms with E-state index in [0.29, 0.717) is 11.3 Å². The second-order valence-corrected chi connectivity index (χ2v) is 6.92. The Hall–Kier alpha value is -1.57. The van der Waals surface area contributed by atoms with Crippen molar-refractivity contribution in [2.75, 3.05) is 6.26 Å². The maximum atomic E-state index is 12.5. The molecule has 1 aromatic carbocycles. The maximum absolute atomic E-state index is 12.5. The summed E-state index contributed by atoms with van der Waals surface area (Å²) < 4.78 is 0.994. The molecule has 0 aliphatic heterocycles. The average Bonchev–Trinajstić information content (AvgIpc) is 2.86. The monoisotopic (exact) mass is 299 g/mol. The molecule has 0 radical (unpaired) electrons. The molecule has 1 aliphatic carbocycles. The highest BCUT2D eigenvalue weighted by atomic mass is 32.2. The van der Waals surface area contributed by atoms with E-state index >= 15 is 0 Å². The third-order valence-corrected chi connectivity index (χ3v) is 5.95. The van der Waals surface area contributed by atoms with Crippen molar-refractivity contribution in [3.8, 4) is 6.07 Å². The van der Waals surface area contributed by atoms with Crippen LogP contribution < -0.4 is 0 Å². The van der Waals surface area contributed by atoms with Crippen molar-refractivity contribution in [2.24, 2.45) is 0 Å². The molecule has 1 aliphatic rings. The van der Waals surface area contributed by atoms with E-state index < -0.39 is 0 Å². The number of rotatable bonds is 2. The van der Waals surface area contributed by atoms with E-state index in [9.17, 15) is 10.1 Å². The van der Waals surface area contributed by atoms with Gasteiger partial charge in [0.05, 0.1) is 4.21 Å². The lowest BCUT2D eigenvalue weighted by Gasteiger charge is -2.22. The number of nitriles is 1. The molecule has 0 fully saturated rings. The Labute approximate surface area is 126 Å². The fourth-order valence-corrected chi connectivity index (χ4v) is 4.66. The fraction of sp³-hybridized carbons (Fsp3) is 0.250. The van der Waals surface area contributed by atoms with Crippen molar-refractivity contribution in [1.29, 1.82) is 5.26 Å². The fourth-order valence-electron chi connectivity index (χ4n) is 2.76. The highest BCUT2D eigenvalue weighted by molar-refractivity contribution is 8.00.